The summed E-state index contributed by atoms with van der Waals surface area (Å²) in [6.07, 6.45) is 0. The molecule has 3 aromatic carbocycles. The van der Waals surface area contributed by atoms with E-state index >= 15 is 0 Å². The van der Waals surface area contributed by atoms with Crippen LogP contribution in [0.5, 0.6) is 11.5 Å². The summed E-state index contributed by atoms with van der Waals surface area (Å²) in [5, 5.41) is 11.5. The van der Waals surface area contributed by atoms with Crippen molar-refractivity contribution in [2.24, 2.45) is 0 Å². The number of rotatable bonds is 6. The second-order valence-electron chi connectivity index (χ2n) is 8.18. The van der Waals surface area contributed by atoms with Crippen LogP contribution in [0, 0.1) is 0 Å². The maximum atomic E-state index is 13.7. The number of hydrogen-bond donors (Lipinski definition) is 2. The van der Waals surface area contributed by atoms with Gasteiger partial charge in [0.25, 0.3) is 5.91 Å². The molecule has 0 saturated heterocycles. The molecule has 2 heterocycles. The Labute approximate surface area is 213 Å². The summed E-state index contributed by atoms with van der Waals surface area (Å²) in [7, 11) is 3.17. The zero-order valence-electron chi connectivity index (χ0n) is 19.9. The van der Waals surface area contributed by atoms with Gasteiger partial charge in [0.15, 0.2) is 5.82 Å². The number of nitrogens with one attached hydrogen (secondary N) is 2. The summed E-state index contributed by atoms with van der Waals surface area (Å²) < 4.78 is 12.5. The van der Waals surface area contributed by atoms with Crippen molar-refractivity contribution < 1.29 is 14.3 Å². The van der Waals surface area contributed by atoms with Crippen LogP contribution in [0.3, 0.4) is 0 Å². The topological polar surface area (TPSA) is 90.3 Å². The maximum absolute atomic E-state index is 13.7. The minimum Gasteiger partial charge on any atom is -0.497 e. The van der Waals surface area contributed by atoms with Gasteiger partial charge in [0.1, 0.15) is 17.5 Å². The van der Waals surface area contributed by atoms with Gasteiger partial charge < -0.3 is 20.1 Å². The van der Waals surface area contributed by atoms with Crippen LogP contribution in [0.25, 0.3) is 11.4 Å². The molecule has 5 rings (SSSR count). The number of nitrogens with zero attached hydrogens (tertiary/aromatic N) is 3. The van der Waals surface area contributed by atoms with Crippen molar-refractivity contribution in [3.05, 3.63) is 94.7 Å². The molecular weight excluding hydrogens is 478 g/mol. The van der Waals surface area contributed by atoms with E-state index in [1.165, 1.54) is 0 Å². The third-order valence-corrected chi connectivity index (χ3v) is 6.32. The lowest BCUT2D eigenvalue weighted by Gasteiger charge is -2.29. The molecular formula is C27H24ClN5O3. The van der Waals surface area contributed by atoms with E-state index in [1.807, 2.05) is 61.5 Å². The molecule has 8 nitrogen and oxygen atoms in total. The predicted octanol–water partition coefficient (Wildman–Crippen LogP) is 5.54. The monoisotopic (exact) mass is 501 g/mol. The quantitative estimate of drug-likeness (QED) is 0.360. The number of carbonyl (C=O) groups is 1. The van der Waals surface area contributed by atoms with Crippen LogP contribution in [0.15, 0.2) is 84.1 Å². The summed E-state index contributed by atoms with van der Waals surface area (Å²) in [5.41, 5.74) is 3.18. The lowest BCUT2D eigenvalue weighted by Crippen LogP contribution is -2.31. The fourth-order valence-electron chi connectivity index (χ4n) is 4.25. The van der Waals surface area contributed by atoms with E-state index in [9.17, 15) is 4.79 Å². The summed E-state index contributed by atoms with van der Waals surface area (Å²) in [6, 6.07) is 21.6. The lowest BCUT2D eigenvalue weighted by atomic mass is 9.95. The average Bonchev–Trinajstić information content (AvgIpc) is 3.32. The number of hydrogen-bond acceptors (Lipinski definition) is 6. The van der Waals surface area contributed by atoms with Crippen LogP contribution in [-0.4, -0.2) is 34.9 Å². The van der Waals surface area contributed by atoms with Gasteiger partial charge in [-0.3, -0.25) is 4.79 Å². The van der Waals surface area contributed by atoms with Crippen molar-refractivity contribution in [3.63, 3.8) is 0 Å². The number of amides is 1. The van der Waals surface area contributed by atoms with Crippen molar-refractivity contribution in [1.29, 1.82) is 0 Å². The molecule has 36 heavy (non-hydrogen) atoms. The molecule has 1 aliphatic heterocycles. The molecule has 0 radical (unpaired) electrons. The molecule has 1 amide bonds. The van der Waals surface area contributed by atoms with Gasteiger partial charge in [0, 0.05) is 21.8 Å². The average molecular weight is 502 g/mol. The number of anilines is 2. The van der Waals surface area contributed by atoms with Crippen LogP contribution in [0.4, 0.5) is 11.6 Å². The molecule has 1 atom stereocenters. The summed E-state index contributed by atoms with van der Waals surface area (Å²) in [6.45, 7) is 1.84. The van der Waals surface area contributed by atoms with Crippen LogP contribution < -0.4 is 20.1 Å². The van der Waals surface area contributed by atoms with Gasteiger partial charge in [-0.1, -0.05) is 54.1 Å². The second-order valence-corrected chi connectivity index (χ2v) is 8.58. The largest absolute Gasteiger partial charge is 0.497 e. The Balaban J connectivity index is 1.61. The fraction of sp³-hybridized carbons (Fsp3) is 0.148. The van der Waals surface area contributed by atoms with Gasteiger partial charge in [-0.15, -0.1) is 5.10 Å². The molecule has 0 aliphatic carbocycles. The molecule has 4 aromatic rings. The third-order valence-electron chi connectivity index (χ3n) is 5.98. The van der Waals surface area contributed by atoms with Crippen LogP contribution in [-0.2, 0) is 4.79 Å². The molecule has 0 spiro atoms. The Morgan fingerprint density at radius 2 is 1.81 bits per heavy atom. The van der Waals surface area contributed by atoms with Crippen molar-refractivity contribution in [2.75, 3.05) is 24.9 Å². The number of halogens is 1. The van der Waals surface area contributed by atoms with Crippen molar-refractivity contribution in [2.45, 2.75) is 13.0 Å². The predicted molar refractivity (Wildman–Crippen MR) is 140 cm³/mol. The second kappa shape index (κ2) is 9.75. The van der Waals surface area contributed by atoms with E-state index < -0.39 is 6.04 Å². The Kier molecular flexibility index (Phi) is 6.35. The number of aromatic nitrogens is 3. The Bertz CT molecular complexity index is 1480. The normalized spacial score (nSPS) is 14.6. The first-order valence-electron chi connectivity index (χ1n) is 11.3. The first-order valence-corrected chi connectivity index (χ1v) is 11.7. The minimum absolute atomic E-state index is 0.307. The highest BCUT2D eigenvalue weighted by Crippen LogP contribution is 2.40. The highest BCUT2D eigenvalue weighted by atomic mass is 35.5. The molecule has 1 aromatic heterocycles. The fourth-order valence-corrected chi connectivity index (χ4v) is 4.49. The molecule has 0 bridgehead atoms. The number of fused-ring (bicyclic) bond motifs is 1. The number of methoxy groups -OCH3 is 2. The van der Waals surface area contributed by atoms with E-state index in [-0.39, 0.29) is 5.91 Å². The lowest BCUT2D eigenvalue weighted by molar-refractivity contribution is -0.113. The SMILES string of the molecule is COc1cccc(-c2nc3n(n2)C(c2ccccc2Cl)C(C(=O)Nc2ccccc2OC)=C(C)N3)c1. The van der Waals surface area contributed by atoms with Crippen molar-refractivity contribution >= 4 is 29.1 Å². The van der Waals surface area contributed by atoms with E-state index in [4.69, 9.17) is 31.2 Å². The van der Waals surface area contributed by atoms with Gasteiger partial charge in [-0.2, -0.15) is 4.98 Å². The number of allylic oxidation sites excluding steroid dienone is 1. The van der Waals surface area contributed by atoms with Gasteiger partial charge in [0.2, 0.25) is 5.95 Å². The molecule has 1 aliphatic rings. The number of ether oxygens (including phenoxy) is 2. The van der Waals surface area contributed by atoms with Crippen LogP contribution in [0.2, 0.25) is 5.02 Å². The third kappa shape index (κ3) is 4.27. The first kappa shape index (κ1) is 23.4. The highest BCUT2D eigenvalue weighted by Gasteiger charge is 2.35. The number of benzene rings is 3. The summed E-state index contributed by atoms with van der Waals surface area (Å²) in [4.78, 5) is 18.4. The Morgan fingerprint density at radius 3 is 2.58 bits per heavy atom. The molecule has 1 unspecified atom stereocenters. The van der Waals surface area contributed by atoms with Gasteiger partial charge in [0.05, 0.1) is 25.5 Å². The van der Waals surface area contributed by atoms with Crippen molar-refractivity contribution in [3.8, 4) is 22.9 Å². The van der Waals surface area contributed by atoms with E-state index in [0.717, 1.165) is 11.1 Å². The van der Waals surface area contributed by atoms with Crippen LogP contribution in [0.1, 0.15) is 18.5 Å². The van der Waals surface area contributed by atoms with Gasteiger partial charge >= 0.3 is 0 Å². The first-order chi connectivity index (χ1) is 17.5. The zero-order valence-corrected chi connectivity index (χ0v) is 20.7. The van der Waals surface area contributed by atoms with Crippen molar-refractivity contribution in [1.82, 2.24) is 14.8 Å². The molecule has 9 heteroatoms. The Morgan fingerprint density at radius 1 is 1.03 bits per heavy atom. The number of para-hydroxylation sites is 2. The smallest absolute Gasteiger partial charge is 0.255 e. The van der Waals surface area contributed by atoms with E-state index in [1.54, 1.807) is 37.1 Å². The molecule has 182 valence electrons. The highest BCUT2D eigenvalue weighted by molar-refractivity contribution is 6.31. The summed E-state index contributed by atoms with van der Waals surface area (Å²) >= 11 is 6.64. The van der Waals surface area contributed by atoms with E-state index in [2.05, 4.69) is 10.6 Å². The molecule has 0 fully saturated rings. The van der Waals surface area contributed by atoms with Gasteiger partial charge in [-0.25, -0.2) is 4.68 Å². The van der Waals surface area contributed by atoms with E-state index in [0.29, 0.717) is 45.3 Å². The minimum atomic E-state index is -0.614. The Hall–Kier alpha value is -4.30. The standard InChI is InChI=1S/C27H24ClN5O3/c1-16-23(26(34)30-21-13-6-7-14-22(21)36-3)24(19-11-4-5-12-20(19)28)33-27(29-16)31-25(32-33)17-9-8-10-18(15-17)35-2/h4-15,24H,1-3H3,(H,30,34)(H,29,31,32). The zero-order chi connectivity index (χ0) is 25.2. The van der Waals surface area contributed by atoms with Gasteiger partial charge in [-0.05, 0) is 37.3 Å². The molecule has 0 saturated carbocycles. The number of carbonyl (C=O) groups excluding carboxylic acids is 1. The summed E-state index contributed by atoms with van der Waals surface area (Å²) in [5.74, 6) is 1.95. The maximum Gasteiger partial charge on any atom is 0.255 e. The van der Waals surface area contributed by atoms with Crippen LogP contribution >= 0.6 is 11.6 Å². The molecule has 2 N–H and O–H groups in total.